The maximum atomic E-state index is 12.4. The summed E-state index contributed by atoms with van der Waals surface area (Å²) in [4.78, 5) is 19.3. The Balaban J connectivity index is 1.42. The van der Waals surface area contributed by atoms with E-state index in [0.29, 0.717) is 30.7 Å². The van der Waals surface area contributed by atoms with E-state index in [1.807, 2.05) is 0 Å². The number of hydrogen-bond acceptors (Lipinski definition) is 5. The minimum Gasteiger partial charge on any atom is -0.355 e. The number of aromatic nitrogens is 2. The lowest BCUT2D eigenvalue weighted by atomic mass is 9.96. The Bertz CT molecular complexity index is 537. The Morgan fingerprint density at radius 1 is 1.29 bits per heavy atom. The molecular weight excluding hydrogens is 304 g/mol. The second-order valence-corrected chi connectivity index (χ2v) is 7.50. The smallest absolute Gasteiger partial charge is 0.229 e. The van der Waals surface area contributed by atoms with Gasteiger partial charge in [-0.1, -0.05) is 18.0 Å². The molecule has 0 aromatic carbocycles. The van der Waals surface area contributed by atoms with E-state index in [-0.39, 0.29) is 11.8 Å². The van der Waals surface area contributed by atoms with Gasteiger partial charge in [0.1, 0.15) is 0 Å². The number of hydrogen-bond donors (Lipinski definition) is 1. The van der Waals surface area contributed by atoms with Crippen LogP contribution in [0.1, 0.15) is 70.0 Å². The number of piperidine rings is 1. The van der Waals surface area contributed by atoms with Crippen LogP contribution in [0, 0.1) is 5.92 Å². The molecule has 1 atom stereocenters. The van der Waals surface area contributed by atoms with Gasteiger partial charge in [0.15, 0.2) is 5.82 Å². The zero-order valence-electron chi connectivity index (χ0n) is 15.0. The summed E-state index contributed by atoms with van der Waals surface area (Å²) in [5, 5.41) is 7.11. The Labute approximate surface area is 144 Å². The van der Waals surface area contributed by atoms with Crippen LogP contribution in [0.25, 0.3) is 0 Å². The van der Waals surface area contributed by atoms with Gasteiger partial charge in [-0.05, 0) is 46.1 Å². The molecule has 1 unspecified atom stereocenters. The van der Waals surface area contributed by atoms with Crippen LogP contribution in [-0.2, 0) is 11.2 Å². The van der Waals surface area contributed by atoms with E-state index in [0.717, 1.165) is 44.7 Å². The lowest BCUT2D eigenvalue weighted by Crippen LogP contribution is -2.45. The Morgan fingerprint density at radius 3 is 2.83 bits per heavy atom. The van der Waals surface area contributed by atoms with Crippen molar-refractivity contribution in [1.82, 2.24) is 20.4 Å². The maximum Gasteiger partial charge on any atom is 0.229 e. The summed E-state index contributed by atoms with van der Waals surface area (Å²) >= 11 is 0. The lowest BCUT2D eigenvalue weighted by molar-refractivity contribution is -0.126. The minimum atomic E-state index is 0.112. The first-order valence-electron chi connectivity index (χ1n) is 9.47. The third kappa shape index (κ3) is 4.35. The van der Waals surface area contributed by atoms with Gasteiger partial charge in [0.2, 0.25) is 11.8 Å². The molecule has 1 aliphatic carbocycles. The topological polar surface area (TPSA) is 71.3 Å². The summed E-state index contributed by atoms with van der Waals surface area (Å²) in [6, 6.07) is 0.508. The monoisotopic (exact) mass is 334 g/mol. The van der Waals surface area contributed by atoms with Gasteiger partial charge >= 0.3 is 0 Å². The molecule has 2 aliphatic rings. The molecule has 0 bridgehead atoms. The number of carbonyl (C=O) groups excluding carboxylic acids is 1. The van der Waals surface area contributed by atoms with Crippen LogP contribution in [0.5, 0.6) is 0 Å². The van der Waals surface area contributed by atoms with Crippen LogP contribution in [0.3, 0.4) is 0 Å². The van der Waals surface area contributed by atoms with Crippen LogP contribution < -0.4 is 5.32 Å². The van der Waals surface area contributed by atoms with Crippen molar-refractivity contribution in [3.05, 3.63) is 11.7 Å². The Morgan fingerprint density at radius 2 is 2.08 bits per heavy atom. The van der Waals surface area contributed by atoms with Crippen molar-refractivity contribution < 1.29 is 9.32 Å². The van der Waals surface area contributed by atoms with Crippen molar-refractivity contribution in [1.29, 1.82) is 0 Å². The minimum absolute atomic E-state index is 0.112. The molecule has 6 nitrogen and oxygen atoms in total. The van der Waals surface area contributed by atoms with Crippen LogP contribution >= 0.6 is 0 Å². The van der Waals surface area contributed by atoms with Crippen LogP contribution in [0.15, 0.2) is 4.52 Å². The zero-order valence-corrected chi connectivity index (χ0v) is 15.0. The summed E-state index contributed by atoms with van der Waals surface area (Å²) < 4.78 is 5.38. The third-order valence-corrected chi connectivity index (χ3v) is 5.39. The maximum absolute atomic E-state index is 12.4. The van der Waals surface area contributed by atoms with Gasteiger partial charge in [0, 0.05) is 31.5 Å². The summed E-state index contributed by atoms with van der Waals surface area (Å²) in [5.41, 5.74) is 0. The molecule has 1 saturated carbocycles. The summed E-state index contributed by atoms with van der Waals surface area (Å²) in [6.45, 7) is 6.95. The normalized spacial score (nSPS) is 23.0. The van der Waals surface area contributed by atoms with E-state index in [1.165, 1.54) is 12.8 Å². The molecule has 1 amide bonds. The molecule has 2 fully saturated rings. The second kappa shape index (κ2) is 8.10. The predicted octanol–water partition coefficient (Wildman–Crippen LogP) is 2.51. The number of nitrogens with zero attached hydrogens (tertiary/aromatic N) is 3. The first-order valence-corrected chi connectivity index (χ1v) is 9.47. The van der Waals surface area contributed by atoms with Gasteiger partial charge in [-0.2, -0.15) is 4.98 Å². The zero-order chi connectivity index (χ0) is 16.9. The van der Waals surface area contributed by atoms with Gasteiger partial charge in [-0.15, -0.1) is 0 Å². The number of nitrogens with one attached hydrogen (secondary N) is 1. The predicted molar refractivity (Wildman–Crippen MR) is 91.7 cm³/mol. The quantitative estimate of drug-likeness (QED) is 0.865. The van der Waals surface area contributed by atoms with Crippen LogP contribution in [0.2, 0.25) is 0 Å². The highest BCUT2D eigenvalue weighted by Crippen LogP contribution is 2.32. The molecular formula is C18H30N4O2. The van der Waals surface area contributed by atoms with Crippen LogP contribution in [-0.4, -0.2) is 46.6 Å². The molecule has 6 heteroatoms. The fraction of sp³-hybridized carbons (Fsp3) is 0.833. The van der Waals surface area contributed by atoms with E-state index in [2.05, 4.69) is 34.2 Å². The van der Waals surface area contributed by atoms with E-state index in [4.69, 9.17) is 4.52 Å². The van der Waals surface area contributed by atoms with Gasteiger partial charge < -0.3 is 14.7 Å². The highest BCUT2D eigenvalue weighted by molar-refractivity contribution is 5.78. The highest BCUT2D eigenvalue weighted by atomic mass is 16.5. The van der Waals surface area contributed by atoms with Crippen molar-refractivity contribution in [3.63, 3.8) is 0 Å². The van der Waals surface area contributed by atoms with Crippen molar-refractivity contribution in [2.75, 3.05) is 19.6 Å². The first kappa shape index (κ1) is 17.4. The Hall–Kier alpha value is -1.43. The average molecular weight is 334 g/mol. The van der Waals surface area contributed by atoms with Crippen molar-refractivity contribution in [2.24, 2.45) is 5.92 Å². The molecule has 1 aliphatic heterocycles. The van der Waals surface area contributed by atoms with E-state index in [1.54, 1.807) is 0 Å². The number of carbonyl (C=O) groups is 1. The summed E-state index contributed by atoms with van der Waals surface area (Å²) in [7, 11) is 0. The number of likely N-dealkylation sites (tertiary alicyclic amines) is 1. The number of rotatable bonds is 6. The molecule has 1 aromatic heterocycles. The number of amides is 1. The molecule has 2 heterocycles. The SMILES string of the molecule is CC(C)N1CCCC(C(=O)NCCc2noc(C3CCCC3)n2)C1. The average Bonchev–Trinajstić information content (AvgIpc) is 3.26. The van der Waals surface area contributed by atoms with E-state index >= 15 is 0 Å². The molecule has 1 N–H and O–H groups in total. The van der Waals surface area contributed by atoms with Crippen molar-refractivity contribution >= 4 is 5.91 Å². The van der Waals surface area contributed by atoms with Gasteiger partial charge in [0.25, 0.3) is 0 Å². The van der Waals surface area contributed by atoms with Gasteiger partial charge in [-0.3, -0.25) is 4.79 Å². The fourth-order valence-electron chi connectivity index (χ4n) is 3.84. The molecule has 3 rings (SSSR count). The van der Waals surface area contributed by atoms with Crippen molar-refractivity contribution in [3.8, 4) is 0 Å². The molecule has 1 saturated heterocycles. The summed E-state index contributed by atoms with van der Waals surface area (Å²) in [5.74, 6) is 2.23. The van der Waals surface area contributed by atoms with Gasteiger partial charge in [-0.25, -0.2) is 0 Å². The van der Waals surface area contributed by atoms with Crippen LogP contribution in [0.4, 0.5) is 0 Å². The molecule has 1 aromatic rings. The molecule has 24 heavy (non-hydrogen) atoms. The lowest BCUT2D eigenvalue weighted by Gasteiger charge is -2.34. The second-order valence-electron chi connectivity index (χ2n) is 7.50. The molecule has 0 radical (unpaired) electrons. The third-order valence-electron chi connectivity index (χ3n) is 5.39. The van der Waals surface area contributed by atoms with Crippen molar-refractivity contribution in [2.45, 2.75) is 70.8 Å². The molecule has 0 spiro atoms. The Kier molecular flexibility index (Phi) is 5.87. The van der Waals surface area contributed by atoms with E-state index < -0.39 is 0 Å². The fourth-order valence-corrected chi connectivity index (χ4v) is 3.84. The largest absolute Gasteiger partial charge is 0.355 e. The standard InChI is InChI=1S/C18H30N4O2/c1-13(2)22-11-5-8-15(12-22)17(23)19-10-9-16-20-18(24-21-16)14-6-3-4-7-14/h13-15H,3-12H2,1-2H3,(H,19,23). The first-order chi connectivity index (χ1) is 11.6. The molecule has 134 valence electrons. The van der Waals surface area contributed by atoms with E-state index in [9.17, 15) is 4.79 Å². The summed E-state index contributed by atoms with van der Waals surface area (Å²) in [6.07, 6.45) is 7.57. The highest BCUT2D eigenvalue weighted by Gasteiger charge is 2.27. The van der Waals surface area contributed by atoms with Gasteiger partial charge in [0.05, 0.1) is 5.92 Å².